The first-order chi connectivity index (χ1) is 9.88. The SMILES string of the molecule is C=C(C)C(=O)OCCCCC1CC(=O)N(C(C)CC)C1=O. The molecular weight excluding hydrogens is 270 g/mol. The second-order valence-corrected chi connectivity index (χ2v) is 5.67. The Hall–Kier alpha value is -1.65. The van der Waals surface area contributed by atoms with Gasteiger partial charge in [0.15, 0.2) is 0 Å². The molecule has 1 saturated heterocycles. The van der Waals surface area contributed by atoms with Crippen molar-refractivity contribution in [3.05, 3.63) is 12.2 Å². The van der Waals surface area contributed by atoms with Crippen molar-refractivity contribution >= 4 is 17.8 Å². The van der Waals surface area contributed by atoms with E-state index in [-0.39, 0.29) is 29.7 Å². The monoisotopic (exact) mass is 295 g/mol. The number of carbonyl (C=O) groups is 3. The summed E-state index contributed by atoms with van der Waals surface area (Å²) in [6.07, 6.45) is 3.22. The molecule has 0 bridgehead atoms. The number of imide groups is 1. The van der Waals surface area contributed by atoms with Crippen molar-refractivity contribution in [2.45, 2.75) is 58.9 Å². The minimum atomic E-state index is -0.384. The minimum Gasteiger partial charge on any atom is -0.462 e. The van der Waals surface area contributed by atoms with E-state index in [1.54, 1.807) is 6.92 Å². The van der Waals surface area contributed by atoms with Gasteiger partial charge in [0, 0.05) is 24.0 Å². The van der Waals surface area contributed by atoms with Crippen LogP contribution in [-0.4, -0.2) is 35.3 Å². The first-order valence-electron chi connectivity index (χ1n) is 7.57. The van der Waals surface area contributed by atoms with Gasteiger partial charge < -0.3 is 4.74 Å². The Balaban J connectivity index is 2.31. The van der Waals surface area contributed by atoms with Gasteiger partial charge >= 0.3 is 5.97 Å². The van der Waals surface area contributed by atoms with Crippen LogP contribution in [-0.2, 0) is 19.1 Å². The number of carbonyl (C=O) groups excluding carboxylic acids is 3. The number of nitrogens with zero attached hydrogens (tertiary/aromatic N) is 1. The van der Waals surface area contributed by atoms with Crippen molar-refractivity contribution < 1.29 is 19.1 Å². The fraction of sp³-hybridized carbons (Fsp3) is 0.688. The standard InChI is InChI=1S/C16H25NO4/c1-5-12(4)17-14(18)10-13(15(17)19)8-6-7-9-21-16(20)11(2)3/h12-13H,2,5-10H2,1,3-4H3. The van der Waals surface area contributed by atoms with Crippen LogP contribution >= 0.6 is 0 Å². The van der Waals surface area contributed by atoms with Crippen LogP contribution in [0, 0.1) is 5.92 Å². The molecule has 1 aliphatic rings. The zero-order chi connectivity index (χ0) is 16.0. The summed E-state index contributed by atoms with van der Waals surface area (Å²) < 4.78 is 4.99. The molecule has 0 N–H and O–H groups in total. The van der Waals surface area contributed by atoms with Crippen LogP contribution in [0.5, 0.6) is 0 Å². The lowest BCUT2D eigenvalue weighted by molar-refractivity contribution is -0.142. The summed E-state index contributed by atoms with van der Waals surface area (Å²) in [7, 11) is 0. The van der Waals surface area contributed by atoms with E-state index < -0.39 is 0 Å². The highest BCUT2D eigenvalue weighted by molar-refractivity contribution is 6.03. The molecule has 1 fully saturated rings. The van der Waals surface area contributed by atoms with E-state index in [4.69, 9.17) is 4.74 Å². The minimum absolute atomic E-state index is 0.0217. The van der Waals surface area contributed by atoms with Crippen LogP contribution in [0.25, 0.3) is 0 Å². The quantitative estimate of drug-likeness (QED) is 0.299. The number of hydrogen-bond acceptors (Lipinski definition) is 4. The fourth-order valence-corrected chi connectivity index (χ4v) is 2.37. The van der Waals surface area contributed by atoms with E-state index in [0.717, 1.165) is 12.8 Å². The van der Waals surface area contributed by atoms with Gasteiger partial charge in [-0.3, -0.25) is 14.5 Å². The summed E-state index contributed by atoms with van der Waals surface area (Å²) in [6.45, 7) is 9.31. The molecule has 0 saturated carbocycles. The van der Waals surface area contributed by atoms with E-state index in [1.807, 2.05) is 13.8 Å². The van der Waals surface area contributed by atoms with Crippen molar-refractivity contribution in [3.63, 3.8) is 0 Å². The van der Waals surface area contributed by atoms with Gasteiger partial charge in [-0.05, 0) is 39.5 Å². The first kappa shape index (κ1) is 17.4. The van der Waals surface area contributed by atoms with E-state index in [2.05, 4.69) is 6.58 Å². The molecule has 118 valence electrons. The molecule has 0 aromatic carbocycles. The molecule has 0 spiro atoms. The summed E-state index contributed by atoms with van der Waals surface area (Å²) in [5.74, 6) is -0.699. The number of esters is 1. The second-order valence-electron chi connectivity index (χ2n) is 5.67. The predicted molar refractivity (Wildman–Crippen MR) is 79.3 cm³/mol. The number of ether oxygens (including phenoxy) is 1. The molecule has 1 heterocycles. The zero-order valence-electron chi connectivity index (χ0n) is 13.2. The van der Waals surface area contributed by atoms with Gasteiger partial charge in [-0.1, -0.05) is 13.5 Å². The molecular formula is C16H25NO4. The van der Waals surface area contributed by atoms with Gasteiger partial charge in [0.2, 0.25) is 11.8 Å². The Morgan fingerprint density at radius 3 is 2.67 bits per heavy atom. The molecule has 1 rings (SSSR count). The Labute approximate surface area is 126 Å². The van der Waals surface area contributed by atoms with E-state index in [0.29, 0.717) is 31.4 Å². The molecule has 0 aliphatic carbocycles. The molecule has 0 aromatic rings. The average Bonchev–Trinajstić information content (AvgIpc) is 2.72. The summed E-state index contributed by atoms with van der Waals surface area (Å²) in [5.41, 5.74) is 0.385. The smallest absolute Gasteiger partial charge is 0.333 e. The van der Waals surface area contributed by atoms with Gasteiger partial charge in [0.05, 0.1) is 6.61 Å². The predicted octanol–water partition coefficient (Wildman–Crippen LogP) is 2.45. The highest BCUT2D eigenvalue weighted by Gasteiger charge is 2.39. The molecule has 0 radical (unpaired) electrons. The van der Waals surface area contributed by atoms with E-state index >= 15 is 0 Å². The number of likely N-dealkylation sites (tertiary alicyclic amines) is 1. The van der Waals surface area contributed by atoms with Crippen LogP contribution in [0.15, 0.2) is 12.2 Å². The van der Waals surface area contributed by atoms with Crippen LogP contribution in [0.4, 0.5) is 0 Å². The highest BCUT2D eigenvalue weighted by Crippen LogP contribution is 2.27. The van der Waals surface area contributed by atoms with Crippen molar-refractivity contribution in [1.29, 1.82) is 0 Å². The van der Waals surface area contributed by atoms with Gasteiger partial charge in [-0.25, -0.2) is 4.79 Å². The van der Waals surface area contributed by atoms with Crippen molar-refractivity contribution in [3.8, 4) is 0 Å². The van der Waals surface area contributed by atoms with Gasteiger partial charge in [-0.2, -0.15) is 0 Å². The molecule has 21 heavy (non-hydrogen) atoms. The Kier molecular flexibility index (Phi) is 6.59. The second kappa shape index (κ2) is 7.96. The third-order valence-corrected chi connectivity index (χ3v) is 3.84. The Morgan fingerprint density at radius 2 is 2.10 bits per heavy atom. The van der Waals surface area contributed by atoms with Crippen LogP contribution in [0.2, 0.25) is 0 Å². The van der Waals surface area contributed by atoms with Gasteiger partial charge in [0.1, 0.15) is 0 Å². The Bertz CT molecular complexity index is 430. The van der Waals surface area contributed by atoms with Crippen molar-refractivity contribution in [2.24, 2.45) is 5.92 Å². The van der Waals surface area contributed by atoms with Crippen LogP contribution < -0.4 is 0 Å². The fourth-order valence-electron chi connectivity index (χ4n) is 2.37. The topological polar surface area (TPSA) is 63.7 Å². The highest BCUT2D eigenvalue weighted by atomic mass is 16.5. The van der Waals surface area contributed by atoms with Gasteiger partial charge in [-0.15, -0.1) is 0 Å². The van der Waals surface area contributed by atoms with Crippen molar-refractivity contribution in [2.75, 3.05) is 6.61 Å². The van der Waals surface area contributed by atoms with Crippen LogP contribution in [0.3, 0.4) is 0 Å². The van der Waals surface area contributed by atoms with E-state index in [9.17, 15) is 14.4 Å². The third kappa shape index (κ3) is 4.69. The lowest BCUT2D eigenvalue weighted by atomic mass is 10.0. The summed E-state index contributed by atoms with van der Waals surface area (Å²) in [4.78, 5) is 36.6. The number of hydrogen-bond donors (Lipinski definition) is 0. The molecule has 2 atom stereocenters. The summed E-state index contributed by atoms with van der Waals surface area (Å²) >= 11 is 0. The molecule has 5 nitrogen and oxygen atoms in total. The first-order valence-corrected chi connectivity index (χ1v) is 7.57. The number of amides is 2. The summed E-state index contributed by atoms with van der Waals surface area (Å²) in [6, 6.07) is -0.0217. The third-order valence-electron chi connectivity index (χ3n) is 3.84. The molecule has 0 aromatic heterocycles. The molecule has 2 unspecified atom stereocenters. The van der Waals surface area contributed by atoms with E-state index in [1.165, 1.54) is 4.90 Å². The Morgan fingerprint density at radius 1 is 1.43 bits per heavy atom. The molecule has 2 amide bonds. The maximum absolute atomic E-state index is 12.2. The maximum Gasteiger partial charge on any atom is 0.333 e. The van der Waals surface area contributed by atoms with Crippen LogP contribution in [0.1, 0.15) is 52.9 Å². The van der Waals surface area contributed by atoms with Gasteiger partial charge in [0.25, 0.3) is 0 Å². The van der Waals surface area contributed by atoms with Crippen molar-refractivity contribution in [1.82, 2.24) is 4.90 Å². The average molecular weight is 295 g/mol. The zero-order valence-corrected chi connectivity index (χ0v) is 13.2. The number of rotatable bonds is 8. The molecule has 5 heteroatoms. The number of unbranched alkanes of at least 4 members (excludes halogenated alkanes) is 1. The normalized spacial score (nSPS) is 19.8. The molecule has 1 aliphatic heterocycles. The largest absolute Gasteiger partial charge is 0.462 e. The lowest BCUT2D eigenvalue weighted by Crippen LogP contribution is -2.38. The summed E-state index contributed by atoms with van der Waals surface area (Å²) in [5, 5.41) is 0. The lowest BCUT2D eigenvalue weighted by Gasteiger charge is -2.21. The maximum atomic E-state index is 12.2.